The first-order chi connectivity index (χ1) is 12.7. The number of anilines is 1. The van der Waals surface area contributed by atoms with E-state index in [9.17, 15) is 4.79 Å². The molecule has 3 aromatic rings. The third-order valence-electron chi connectivity index (χ3n) is 4.58. The van der Waals surface area contributed by atoms with Gasteiger partial charge < -0.3 is 4.74 Å². The molecule has 0 aliphatic carbocycles. The Morgan fingerprint density at radius 2 is 2.38 bits per heavy atom. The van der Waals surface area contributed by atoms with Gasteiger partial charge in [-0.05, 0) is 30.9 Å². The highest BCUT2D eigenvalue weighted by Gasteiger charge is 2.26. The maximum atomic E-state index is 13.0. The van der Waals surface area contributed by atoms with E-state index in [0.29, 0.717) is 6.54 Å². The van der Waals surface area contributed by atoms with Gasteiger partial charge in [0.1, 0.15) is 19.2 Å². The molecule has 3 heterocycles. The summed E-state index contributed by atoms with van der Waals surface area (Å²) < 4.78 is 8.40. The lowest BCUT2D eigenvalue weighted by Gasteiger charge is -2.23. The SMILES string of the molecule is CCc1cccc2sc(N(CC3CCCO3)C(=O)Cn3cncn3)nc12. The highest BCUT2D eigenvalue weighted by molar-refractivity contribution is 7.22. The van der Waals surface area contributed by atoms with Crippen LogP contribution in [0.2, 0.25) is 0 Å². The lowest BCUT2D eigenvalue weighted by molar-refractivity contribution is -0.119. The molecule has 1 aromatic carbocycles. The molecule has 1 saturated heterocycles. The molecular weight excluding hydrogens is 350 g/mol. The largest absolute Gasteiger partial charge is 0.376 e. The zero-order valence-electron chi connectivity index (χ0n) is 14.7. The van der Waals surface area contributed by atoms with Gasteiger partial charge in [-0.15, -0.1) is 0 Å². The van der Waals surface area contributed by atoms with Crippen LogP contribution in [0.1, 0.15) is 25.3 Å². The second kappa shape index (κ2) is 7.51. The van der Waals surface area contributed by atoms with Gasteiger partial charge in [-0.2, -0.15) is 5.10 Å². The molecule has 7 nitrogen and oxygen atoms in total. The summed E-state index contributed by atoms with van der Waals surface area (Å²) in [5, 5.41) is 4.77. The second-order valence-electron chi connectivity index (χ2n) is 6.35. The van der Waals surface area contributed by atoms with Crippen LogP contribution < -0.4 is 4.90 Å². The number of fused-ring (bicyclic) bond motifs is 1. The van der Waals surface area contributed by atoms with Crippen molar-refractivity contribution < 1.29 is 9.53 Å². The van der Waals surface area contributed by atoms with Crippen LogP contribution in [0.5, 0.6) is 0 Å². The monoisotopic (exact) mass is 371 g/mol. The van der Waals surface area contributed by atoms with Crippen LogP contribution in [0, 0.1) is 0 Å². The van der Waals surface area contributed by atoms with Gasteiger partial charge in [0.2, 0.25) is 0 Å². The molecule has 4 rings (SSSR count). The van der Waals surface area contributed by atoms with E-state index in [1.54, 1.807) is 22.6 Å². The normalized spacial score (nSPS) is 17.0. The van der Waals surface area contributed by atoms with Crippen LogP contribution in [0.3, 0.4) is 0 Å². The fraction of sp³-hybridized carbons (Fsp3) is 0.444. The number of hydrogen-bond donors (Lipinski definition) is 0. The van der Waals surface area contributed by atoms with Crippen molar-refractivity contribution in [3.63, 3.8) is 0 Å². The Morgan fingerprint density at radius 1 is 1.46 bits per heavy atom. The van der Waals surface area contributed by atoms with Crippen molar-refractivity contribution in [1.29, 1.82) is 0 Å². The van der Waals surface area contributed by atoms with E-state index < -0.39 is 0 Å². The number of thiazole rings is 1. The van der Waals surface area contributed by atoms with Crippen molar-refractivity contribution in [3.05, 3.63) is 36.4 Å². The van der Waals surface area contributed by atoms with Crippen LogP contribution in [-0.4, -0.2) is 44.9 Å². The molecule has 1 aliphatic rings. The van der Waals surface area contributed by atoms with E-state index in [4.69, 9.17) is 9.72 Å². The van der Waals surface area contributed by atoms with Crippen LogP contribution in [0.15, 0.2) is 30.9 Å². The number of ether oxygens (including phenoxy) is 1. The molecule has 136 valence electrons. The van der Waals surface area contributed by atoms with Crippen molar-refractivity contribution in [2.45, 2.75) is 38.8 Å². The number of para-hydroxylation sites is 1. The minimum absolute atomic E-state index is 0.0527. The van der Waals surface area contributed by atoms with Gasteiger partial charge in [0, 0.05) is 6.61 Å². The average Bonchev–Trinajstić information content (AvgIpc) is 3.39. The molecular formula is C18H21N5O2S. The molecule has 0 bridgehead atoms. The predicted molar refractivity (Wildman–Crippen MR) is 100 cm³/mol. The number of rotatable bonds is 6. The average molecular weight is 371 g/mol. The molecule has 0 spiro atoms. The van der Waals surface area contributed by atoms with E-state index in [0.717, 1.165) is 41.2 Å². The quantitative estimate of drug-likeness (QED) is 0.666. The van der Waals surface area contributed by atoms with E-state index in [1.807, 2.05) is 6.07 Å². The number of aromatic nitrogens is 4. The fourth-order valence-corrected chi connectivity index (χ4v) is 4.25. The Kier molecular flexibility index (Phi) is 4.94. The molecule has 1 unspecified atom stereocenters. The first-order valence-electron chi connectivity index (χ1n) is 8.87. The molecule has 1 aliphatic heterocycles. The Bertz CT molecular complexity index is 886. The van der Waals surface area contributed by atoms with Crippen LogP contribution in [0.4, 0.5) is 5.13 Å². The van der Waals surface area contributed by atoms with Gasteiger partial charge in [0.15, 0.2) is 5.13 Å². The summed E-state index contributed by atoms with van der Waals surface area (Å²) >= 11 is 1.55. The number of carbonyl (C=O) groups excluding carboxylic acids is 1. The molecule has 1 fully saturated rings. The zero-order valence-corrected chi connectivity index (χ0v) is 15.5. The standard InChI is InChI=1S/C18H21N5O2S/c1-2-13-5-3-7-15-17(13)21-18(26-15)23(9-14-6-4-8-25-14)16(24)10-22-12-19-11-20-22/h3,5,7,11-12,14H,2,4,6,8-10H2,1H3. The molecule has 0 N–H and O–H groups in total. The number of aryl methyl sites for hydroxylation is 1. The topological polar surface area (TPSA) is 73.1 Å². The van der Waals surface area contributed by atoms with Gasteiger partial charge in [-0.3, -0.25) is 9.69 Å². The van der Waals surface area contributed by atoms with Crippen molar-refractivity contribution >= 4 is 32.6 Å². The molecule has 0 radical (unpaired) electrons. The molecule has 2 aromatic heterocycles. The molecule has 26 heavy (non-hydrogen) atoms. The number of nitrogens with zero attached hydrogens (tertiary/aromatic N) is 5. The molecule has 0 saturated carbocycles. The van der Waals surface area contributed by atoms with Crippen molar-refractivity contribution in [3.8, 4) is 0 Å². The maximum absolute atomic E-state index is 13.0. The van der Waals surface area contributed by atoms with Gasteiger partial charge in [-0.1, -0.05) is 30.4 Å². The minimum atomic E-state index is -0.0527. The van der Waals surface area contributed by atoms with Crippen molar-refractivity contribution in [2.75, 3.05) is 18.1 Å². The first-order valence-corrected chi connectivity index (χ1v) is 9.69. The molecule has 1 atom stereocenters. The van der Waals surface area contributed by atoms with Crippen molar-refractivity contribution in [1.82, 2.24) is 19.7 Å². The highest BCUT2D eigenvalue weighted by Crippen LogP contribution is 2.32. The van der Waals surface area contributed by atoms with Crippen LogP contribution in [0.25, 0.3) is 10.2 Å². The van der Waals surface area contributed by atoms with Gasteiger partial charge in [0.25, 0.3) is 5.91 Å². The third-order valence-corrected chi connectivity index (χ3v) is 5.62. The summed E-state index contributed by atoms with van der Waals surface area (Å²) in [6.07, 6.45) is 5.97. The number of amides is 1. The second-order valence-corrected chi connectivity index (χ2v) is 7.36. The van der Waals surface area contributed by atoms with E-state index in [-0.39, 0.29) is 18.6 Å². The summed E-state index contributed by atoms with van der Waals surface area (Å²) in [4.78, 5) is 23.4. The number of hydrogen-bond acceptors (Lipinski definition) is 6. The van der Waals surface area contributed by atoms with E-state index >= 15 is 0 Å². The molecule has 1 amide bonds. The summed E-state index contributed by atoms with van der Waals surface area (Å²) in [5.74, 6) is -0.0527. The Hall–Kier alpha value is -2.32. The lowest BCUT2D eigenvalue weighted by Crippen LogP contribution is -2.39. The van der Waals surface area contributed by atoms with Crippen LogP contribution in [-0.2, 0) is 22.5 Å². The predicted octanol–water partition coefficient (Wildman–Crippen LogP) is 2.66. The Morgan fingerprint density at radius 3 is 3.12 bits per heavy atom. The van der Waals surface area contributed by atoms with Crippen molar-refractivity contribution in [2.24, 2.45) is 0 Å². The third kappa shape index (κ3) is 3.47. The van der Waals surface area contributed by atoms with Gasteiger partial charge in [0.05, 0.1) is 22.9 Å². The van der Waals surface area contributed by atoms with Gasteiger partial charge >= 0.3 is 0 Å². The Labute approximate surface area is 155 Å². The first kappa shape index (κ1) is 17.1. The van der Waals surface area contributed by atoms with Crippen LogP contribution >= 0.6 is 11.3 Å². The van der Waals surface area contributed by atoms with E-state index in [2.05, 4.69) is 29.1 Å². The summed E-state index contributed by atoms with van der Waals surface area (Å²) in [7, 11) is 0. The lowest BCUT2D eigenvalue weighted by atomic mass is 10.1. The highest BCUT2D eigenvalue weighted by atomic mass is 32.1. The van der Waals surface area contributed by atoms with Gasteiger partial charge in [-0.25, -0.2) is 14.6 Å². The van der Waals surface area contributed by atoms with E-state index in [1.165, 1.54) is 16.6 Å². The molecule has 8 heteroatoms. The zero-order chi connectivity index (χ0) is 17.9. The minimum Gasteiger partial charge on any atom is -0.376 e. The maximum Gasteiger partial charge on any atom is 0.250 e. The fourth-order valence-electron chi connectivity index (χ4n) is 3.21. The summed E-state index contributed by atoms with van der Waals surface area (Å²) in [5.41, 5.74) is 2.19. The number of benzene rings is 1. The summed E-state index contributed by atoms with van der Waals surface area (Å²) in [6, 6.07) is 6.19. The summed E-state index contributed by atoms with van der Waals surface area (Å²) in [6.45, 7) is 3.54. The number of carbonyl (C=O) groups is 1. The Balaban J connectivity index is 1.66. The smallest absolute Gasteiger partial charge is 0.250 e.